The zero-order valence-corrected chi connectivity index (χ0v) is 28.5. The Morgan fingerprint density at radius 2 is 1.21 bits per heavy atom. The van der Waals surface area contributed by atoms with Crippen LogP contribution in [0.25, 0.3) is 10.9 Å². The van der Waals surface area contributed by atoms with Gasteiger partial charge in [-0.25, -0.2) is 4.98 Å². The van der Waals surface area contributed by atoms with E-state index in [0.717, 1.165) is 22.3 Å². The quantitative estimate of drug-likeness (QED) is 0.108. The Hall–Kier alpha value is -2.37. The Balaban J connectivity index is 1.19. The lowest BCUT2D eigenvalue weighted by molar-refractivity contribution is -0.0518. The number of hydrogen-bond acceptors (Lipinski definition) is 14. The Morgan fingerprint density at radius 1 is 0.723 bits per heavy atom. The van der Waals surface area contributed by atoms with Crippen LogP contribution in [0.5, 0.6) is 0 Å². The first-order chi connectivity index (χ1) is 23.0. The van der Waals surface area contributed by atoms with E-state index in [1.165, 1.54) is 0 Å². The van der Waals surface area contributed by atoms with Crippen LogP contribution in [0.3, 0.4) is 0 Å². The van der Waals surface area contributed by atoms with Crippen molar-refractivity contribution in [3.63, 3.8) is 0 Å². The van der Waals surface area contributed by atoms with Crippen LogP contribution in [-0.2, 0) is 42.6 Å². The molecule has 268 valence electrons. The number of pyridine rings is 1. The highest BCUT2D eigenvalue weighted by Gasteiger charge is 2.36. The van der Waals surface area contributed by atoms with Crippen molar-refractivity contribution in [1.82, 2.24) is 4.98 Å². The van der Waals surface area contributed by atoms with Gasteiger partial charge in [0.15, 0.2) is 0 Å². The van der Waals surface area contributed by atoms with Gasteiger partial charge in [-0.15, -0.1) is 0 Å². The Labute approximate surface area is 279 Å². The third-order valence-corrected chi connectivity index (χ3v) is 7.11. The van der Waals surface area contributed by atoms with E-state index in [1.54, 1.807) is 0 Å². The molecule has 0 saturated heterocycles. The first-order valence-corrected chi connectivity index (χ1v) is 16.6. The maximum absolute atomic E-state index is 6.36. The summed E-state index contributed by atoms with van der Waals surface area (Å²) >= 11 is 0. The molecule has 1 aliphatic heterocycles. The second-order valence-corrected chi connectivity index (χ2v) is 11.4. The lowest BCUT2D eigenvalue weighted by Gasteiger charge is -2.35. The van der Waals surface area contributed by atoms with Gasteiger partial charge in [0, 0.05) is 25.1 Å². The first kappa shape index (κ1) is 39.1. The van der Waals surface area contributed by atoms with Crippen molar-refractivity contribution in [2.75, 3.05) is 141 Å². The Kier molecular flexibility index (Phi) is 19.2. The van der Waals surface area contributed by atoms with Gasteiger partial charge >= 0.3 is 0 Å². The summed E-state index contributed by atoms with van der Waals surface area (Å²) < 4.78 is 50.5. The fourth-order valence-corrected chi connectivity index (χ4v) is 4.94. The highest BCUT2D eigenvalue weighted by atomic mass is 16.6. The largest absolute Gasteiger partial charge is 0.382 e. The van der Waals surface area contributed by atoms with Gasteiger partial charge in [-0.3, -0.25) is 0 Å². The standard InChI is InChI=1S/C33H57N5O9/c1-4-39-25-29-37-30-31(27-7-5-6-8-28(27)36-32(30)35)38(29)26-33(2,3)47-24-23-46-22-21-45-20-19-44-18-17-43-16-15-42-14-13-41-12-11-40-10-9-34/h5-8,29,37H,4,9-26,34H2,1-3H3,(H2,35,36). The summed E-state index contributed by atoms with van der Waals surface area (Å²) in [5.41, 5.74) is 14.0. The van der Waals surface area contributed by atoms with E-state index >= 15 is 0 Å². The topological polar surface area (TPSA) is 163 Å². The second-order valence-electron chi connectivity index (χ2n) is 11.4. The summed E-state index contributed by atoms with van der Waals surface area (Å²) in [5, 5.41) is 4.57. The van der Waals surface area contributed by atoms with Crippen LogP contribution in [0.4, 0.5) is 17.2 Å². The smallest absolute Gasteiger partial charge is 0.149 e. The molecule has 0 fully saturated rings. The van der Waals surface area contributed by atoms with Gasteiger partial charge in [0.25, 0.3) is 0 Å². The average molecular weight is 668 g/mol. The molecule has 47 heavy (non-hydrogen) atoms. The lowest BCUT2D eigenvalue weighted by atomic mass is 10.1. The van der Waals surface area contributed by atoms with Gasteiger partial charge in [0.1, 0.15) is 17.7 Å². The number of nitrogens with two attached hydrogens (primary N) is 2. The number of aromatic nitrogens is 1. The molecule has 0 saturated carbocycles. The number of anilines is 3. The van der Waals surface area contributed by atoms with Gasteiger partial charge in [-0.1, -0.05) is 18.2 Å². The van der Waals surface area contributed by atoms with Gasteiger partial charge in [0.2, 0.25) is 0 Å². The molecule has 1 aromatic carbocycles. The molecule has 14 heteroatoms. The molecule has 0 spiro atoms. The van der Waals surface area contributed by atoms with E-state index in [0.29, 0.717) is 131 Å². The fraction of sp³-hybridized carbons (Fsp3) is 0.727. The van der Waals surface area contributed by atoms with Crippen molar-refractivity contribution in [1.29, 1.82) is 0 Å². The molecule has 2 aromatic rings. The number of ether oxygens (including phenoxy) is 9. The zero-order chi connectivity index (χ0) is 33.6. The van der Waals surface area contributed by atoms with E-state index in [4.69, 9.17) is 54.1 Å². The molecular weight excluding hydrogens is 610 g/mol. The number of rotatable bonds is 29. The molecule has 3 rings (SSSR count). The van der Waals surface area contributed by atoms with Crippen LogP contribution >= 0.6 is 0 Å². The van der Waals surface area contributed by atoms with Gasteiger partial charge in [0.05, 0.1) is 123 Å². The number of hydrogen-bond donors (Lipinski definition) is 3. The number of benzene rings is 1. The lowest BCUT2D eigenvalue weighted by Crippen LogP contribution is -2.48. The number of nitrogens with zero attached hydrogens (tertiary/aromatic N) is 2. The molecule has 0 radical (unpaired) electrons. The summed E-state index contributed by atoms with van der Waals surface area (Å²) in [5.74, 6) is 0.481. The molecule has 2 heterocycles. The van der Waals surface area contributed by atoms with Crippen molar-refractivity contribution < 1.29 is 42.6 Å². The molecule has 0 aliphatic carbocycles. The molecule has 1 atom stereocenters. The minimum Gasteiger partial charge on any atom is -0.382 e. The number of para-hydroxylation sites is 1. The molecule has 1 aliphatic rings. The summed E-state index contributed by atoms with van der Waals surface area (Å²) in [6, 6.07) is 8.04. The number of fused-ring (bicyclic) bond motifs is 3. The zero-order valence-electron chi connectivity index (χ0n) is 28.5. The molecule has 1 aromatic heterocycles. The number of nitrogens with one attached hydrogen (secondary N) is 1. The minimum atomic E-state index is -0.462. The molecule has 14 nitrogen and oxygen atoms in total. The summed E-state index contributed by atoms with van der Waals surface area (Å²) in [7, 11) is 0. The second kappa shape index (κ2) is 23.1. The fourth-order valence-electron chi connectivity index (χ4n) is 4.94. The van der Waals surface area contributed by atoms with E-state index in [1.807, 2.05) is 25.1 Å². The highest BCUT2D eigenvalue weighted by molar-refractivity contribution is 6.04. The highest BCUT2D eigenvalue weighted by Crippen LogP contribution is 2.44. The maximum atomic E-state index is 6.36. The van der Waals surface area contributed by atoms with E-state index in [-0.39, 0.29) is 6.17 Å². The minimum absolute atomic E-state index is 0.0817. The van der Waals surface area contributed by atoms with E-state index in [9.17, 15) is 0 Å². The van der Waals surface area contributed by atoms with Crippen LogP contribution in [-0.4, -0.2) is 142 Å². The van der Waals surface area contributed by atoms with E-state index < -0.39 is 5.60 Å². The van der Waals surface area contributed by atoms with Crippen molar-refractivity contribution in [2.24, 2.45) is 5.73 Å². The molecule has 5 N–H and O–H groups in total. The van der Waals surface area contributed by atoms with Gasteiger partial charge in [-0.05, 0) is 26.8 Å². The van der Waals surface area contributed by atoms with Crippen LogP contribution in [0.15, 0.2) is 24.3 Å². The maximum Gasteiger partial charge on any atom is 0.149 e. The monoisotopic (exact) mass is 667 g/mol. The number of nitrogen functional groups attached to an aromatic ring is 1. The van der Waals surface area contributed by atoms with Gasteiger partial charge < -0.3 is 64.3 Å². The predicted molar refractivity (Wildman–Crippen MR) is 182 cm³/mol. The predicted octanol–water partition coefficient (Wildman–Crippen LogP) is 2.28. The van der Waals surface area contributed by atoms with Crippen LogP contribution in [0.1, 0.15) is 20.8 Å². The van der Waals surface area contributed by atoms with E-state index in [2.05, 4.69) is 35.1 Å². The first-order valence-electron chi connectivity index (χ1n) is 16.6. The van der Waals surface area contributed by atoms with Crippen LogP contribution < -0.4 is 21.7 Å². The third-order valence-electron chi connectivity index (χ3n) is 7.11. The summed E-state index contributed by atoms with van der Waals surface area (Å²) in [6.07, 6.45) is -0.0817. The van der Waals surface area contributed by atoms with Crippen molar-refractivity contribution >= 4 is 28.1 Å². The molecule has 0 bridgehead atoms. The normalized spacial score (nSPS) is 14.6. The third kappa shape index (κ3) is 14.7. The average Bonchev–Trinajstić information content (AvgIpc) is 3.42. The van der Waals surface area contributed by atoms with Crippen molar-refractivity contribution in [3.05, 3.63) is 24.3 Å². The van der Waals surface area contributed by atoms with Crippen LogP contribution in [0.2, 0.25) is 0 Å². The summed E-state index contributed by atoms with van der Waals surface area (Å²) in [4.78, 5) is 6.88. The van der Waals surface area contributed by atoms with Gasteiger partial charge in [-0.2, -0.15) is 0 Å². The molecule has 1 unspecified atom stereocenters. The molecule has 0 amide bonds. The Morgan fingerprint density at radius 3 is 1.72 bits per heavy atom. The van der Waals surface area contributed by atoms with Crippen molar-refractivity contribution in [2.45, 2.75) is 32.5 Å². The SMILES string of the molecule is CCOCC1Nc2c(N)nc3ccccc3c2N1CC(C)(C)OCCOCCOCCOCCOCCOCCOCCOCCN. The molecular formula is C33H57N5O9. The Bertz CT molecular complexity index is 1110. The summed E-state index contributed by atoms with van der Waals surface area (Å²) in [6.45, 7) is 16.1. The van der Waals surface area contributed by atoms with Crippen molar-refractivity contribution in [3.8, 4) is 0 Å². The van der Waals surface area contributed by atoms with Crippen LogP contribution in [0, 0.1) is 0 Å².